The molecule has 0 aliphatic carbocycles. The Balaban J connectivity index is 2.09. The zero-order valence-electron chi connectivity index (χ0n) is 10.6. The average molecular weight is 280 g/mol. The second kappa shape index (κ2) is 6.15. The van der Waals surface area contributed by atoms with Crippen LogP contribution >= 0.6 is 0 Å². The number of benzene rings is 1. The second-order valence-electron chi connectivity index (χ2n) is 4.43. The van der Waals surface area contributed by atoms with Crippen molar-refractivity contribution in [2.45, 2.75) is 12.2 Å². The standard InChI is InChI=1S/C13H16N2O3S/c14-10-12-2-4-13(5-3-12)11-19(16,17)15-6-1-8-18-9-7-15/h2-5H,1,6-9,11H2. The van der Waals surface area contributed by atoms with Crippen molar-refractivity contribution in [1.29, 1.82) is 5.26 Å². The van der Waals surface area contributed by atoms with Crippen LogP contribution in [0.15, 0.2) is 24.3 Å². The predicted molar refractivity (Wildman–Crippen MR) is 70.8 cm³/mol. The molecule has 1 aliphatic rings. The Morgan fingerprint density at radius 2 is 1.95 bits per heavy atom. The molecule has 0 radical (unpaired) electrons. The molecule has 0 aromatic heterocycles. The average Bonchev–Trinajstić information content (AvgIpc) is 2.68. The van der Waals surface area contributed by atoms with Crippen LogP contribution in [0.2, 0.25) is 0 Å². The van der Waals surface area contributed by atoms with Gasteiger partial charge in [-0.05, 0) is 24.1 Å². The van der Waals surface area contributed by atoms with Crippen molar-refractivity contribution in [3.63, 3.8) is 0 Å². The molecule has 2 rings (SSSR count). The fourth-order valence-electron chi connectivity index (χ4n) is 1.98. The molecule has 6 heteroatoms. The third-order valence-corrected chi connectivity index (χ3v) is 4.86. The number of sulfonamides is 1. The summed E-state index contributed by atoms with van der Waals surface area (Å²) >= 11 is 0. The maximum Gasteiger partial charge on any atom is 0.218 e. The van der Waals surface area contributed by atoms with Crippen LogP contribution in [0.4, 0.5) is 0 Å². The number of hydrogen-bond acceptors (Lipinski definition) is 4. The summed E-state index contributed by atoms with van der Waals surface area (Å²) in [4.78, 5) is 0. The maximum absolute atomic E-state index is 12.3. The van der Waals surface area contributed by atoms with Crippen molar-refractivity contribution in [2.24, 2.45) is 0 Å². The Bertz CT molecular complexity index is 553. The lowest BCUT2D eigenvalue weighted by Gasteiger charge is -2.19. The molecule has 1 heterocycles. The Morgan fingerprint density at radius 3 is 2.63 bits per heavy atom. The van der Waals surface area contributed by atoms with Crippen molar-refractivity contribution in [3.05, 3.63) is 35.4 Å². The van der Waals surface area contributed by atoms with E-state index in [0.29, 0.717) is 37.4 Å². The first-order valence-corrected chi connectivity index (χ1v) is 7.77. The molecule has 19 heavy (non-hydrogen) atoms. The van der Waals surface area contributed by atoms with Crippen LogP contribution in [0.25, 0.3) is 0 Å². The lowest BCUT2D eigenvalue weighted by atomic mass is 10.2. The van der Waals surface area contributed by atoms with Gasteiger partial charge in [-0.2, -0.15) is 9.57 Å². The minimum Gasteiger partial charge on any atom is -0.380 e. The molecule has 0 atom stereocenters. The van der Waals surface area contributed by atoms with Crippen LogP contribution < -0.4 is 0 Å². The van der Waals surface area contributed by atoms with Crippen molar-refractivity contribution in [3.8, 4) is 6.07 Å². The van der Waals surface area contributed by atoms with E-state index in [2.05, 4.69) is 0 Å². The normalized spacial score (nSPS) is 17.6. The van der Waals surface area contributed by atoms with Gasteiger partial charge in [-0.3, -0.25) is 0 Å². The van der Waals surface area contributed by atoms with E-state index in [1.165, 1.54) is 4.31 Å². The van der Waals surface area contributed by atoms with Gasteiger partial charge in [0.2, 0.25) is 10.0 Å². The van der Waals surface area contributed by atoms with Crippen molar-refractivity contribution in [1.82, 2.24) is 4.31 Å². The first-order chi connectivity index (χ1) is 9.12. The van der Waals surface area contributed by atoms with Gasteiger partial charge in [-0.1, -0.05) is 12.1 Å². The monoisotopic (exact) mass is 280 g/mol. The van der Waals surface area contributed by atoms with Gasteiger partial charge in [0, 0.05) is 19.7 Å². The van der Waals surface area contributed by atoms with E-state index in [-0.39, 0.29) is 5.75 Å². The molecule has 1 aromatic rings. The van der Waals surface area contributed by atoms with Crippen molar-refractivity contribution >= 4 is 10.0 Å². The molecule has 5 nitrogen and oxygen atoms in total. The van der Waals surface area contributed by atoms with Gasteiger partial charge in [0.15, 0.2) is 0 Å². The van der Waals surface area contributed by atoms with E-state index in [1.807, 2.05) is 6.07 Å². The van der Waals surface area contributed by atoms with E-state index in [4.69, 9.17) is 10.00 Å². The largest absolute Gasteiger partial charge is 0.380 e. The van der Waals surface area contributed by atoms with E-state index < -0.39 is 10.0 Å². The molecule has 1 fully saturated rings. The summed E-state index contributed by atoms with van der Waals surface area (Å²) in [6, 6.07) is 8.65. The van der Waals surface area contributed by atoms with E-state index >= 15 is 0 Å². The van der Waals surface area contributed by atoms with Crippen LogP contribution in [-0.2, 0) is 20.5 Å². The highest BCUT2D eigenvalue weighted by atomic mass is 32.2. The van der Waals surface area contributed by atoms with E-state index in [1.54, 1.807) is 24.3 Å². The molecule has 0 saturated carbocycles. The summed E-state index contributed by atoms with van der Waals surface area (Å²) < 4.78 is 31.3. The summed E-state index contributed by atoms with van der Waals surface area (Å²) in [5.74, 6) is -0.0291. The molecule has 0 amide bonds. The fraction of sp³-hybridized carbons (Fsp3) is 0.462. The van der Waals surface area contributed by atoms with Gasteiger partial charge < -0.3 is 4.74 Å². The third kappa shape index (κ3) is 3.77. The lowest BCUT2D eigenvalue weighted by molar-refractivity contribution is 0.148. The molecule has 1 aliphatic heterocycles. The molecule has 0 spiro atoms. The highest BCUT2D eigenvalue weighted by Crippen LogP contribution is 2.13. The summed E-state index contributed by atoms with van der Waals surface area (Å²) in [5, 5.41) is 8.71. The van der Waals surface area contributed by atoms with Crippen LogP contribution in [0, 0.1) is 11.3 Å². The van der Waals surface area contributed by atoms with Gasteiger partial charge in [-0.25, -0.2) is 8.42 Å². The summed E-state index contributed by atoms with van der Waals surface area (Å²) in [6.07, 6.45) is 0.729. The highest BCUT2D eigenvalue weighted by Gasteiger charge is 2.23. The number of nitrogens with zero attached hydrogens (tertiary/aromatic N) is 2. The molecule has 0 bridgehead atoms. The third-order valence-electron chi connectivity index (χ3n) is 3.01. The smallest absolute Gasteiger partial charge is 0.218 e. The highest BCUT2D eigenvalue weighted by molar-refractivity contribution is 7.88. The van der Waals surface area contributed by atoms with Crippen LogP contribution in [-0.4, -0.2) is 39.0 Å². The van der Waals surface area contributed by atoms with E-state index in [9.17, 15) is 8.42 Å². The Labute approximate surface area is 113 Å². The first kappa shape index (κ1) is 14.0. The predicted octanol–water partition coefficient (Wildman–Crippen LogP) is 1.11. The number of nitriles is 1. The summed E-state index contributed by atoms with van der Waals surface area (Å²) in [5.41, 5.74) is 1.23. The van der Waals surface area contributed by atoms with Crippen molar-refractivity contribution < 1.29 is 13.2 Å². The number of ether oxygens (including phenoxy) is 1. The Hall–Kier alpha value is -1.42. The molecule has 1 saturated heterocycles. The fourth-order valence-corrected chi connectivity index (χ4v) is 3.54. The van der Waals surface area contributed by atoms with Crippen LogP contribution in [0.5, 0.6) is 0 Å². The van der Waals surface area contributed by atoms with Gasteiger partial charge >= 0.3 is 0 Å². The topological polar surface area (TPSA) is 70.4 Å². The molecular formula is C13H16N2O3S. The van der Waals surface area contributed by atoms with Crippen LogP contribution in [0.3, 0.4) is 0 Å². The van der Waals surface area contributed by atoms with Crippen molar-refractivity contribution in [2.75, 3.05) is 26.3 Å². The maximum atomic E-state index is 12.3. The SMILES string of the molecule is N#Cc1ccc(CS(=O)(=O)N2CCCOCC2)cc1. The minimum atomic E-state index is -3.31. The summed E-state index contributed by atoms with van der Waals surface area (Å²) in [6.45, 7) is 1.99. The Kier molecular flexibility index (Phi) is 4.53. The van der Waals surface area contributed by atoms with Gasteiger partial charge in [0.25, 0.3) is 0 Å². The van der Waals surface area contributed by atoms with Gasteiger partial charge in [-0.15, -0.1) is 0 Å². The van der Waals surface area contributed by atoms with Gasteiger partial charge in [0.1, 0.15) is 0 Å². The molecular weight excluding hydrogens is 264 g/mol. The molecule has 1 aromatic carbocycles. The van der Waals surface area contributed by atoms with Gasteiger partial charge in [0.05, 0.1) is 24.0 Å². The van der Waals surface area contributed by atoms with E-state index in [0.717, 1.165) is 6.42 Å². The molecule has 0 unspecified atom stereocenters. The first-order valence-electron chi connectivity index (χ1n) is 6.16. The minimum absolute atomic E-state index is 0.0291. The lowest BCUT2D eigenvalue weighted by Crippen LogP contribution is -2.34. The zero-order valence-corrected chi connectivity index (χ0v) is 11.4. The quantitative estimate of drug-likeness (QED) is 0.831. The summed E-state index contributed by atoms with van der Waals surface area (Å²) in [7, 11) is -3.31. The Morgan fingerprint density at radius 1 is 1.21 bits per heavy atom. The zero-order chi connectivity index (χ0) is 13.7. The number of rotatable bonds is 3. The van der Waals surface area contributed by atoms with Crippen LogP contribution in [0.1, 0.15) is 17.5 Å². The number of hydrogen-bond donors (Lipinski definition) is 0. The second-order valence-corrected chi connectivity index (χ2v) is 6.40. The molecule has 0 N–H and O–H groups in total. The molecule has 102 valence electrons.